The number of halogens is 3. The zero-order valence-electron chi connectivity index (χ0n) is 11.6. The van der Waals surface area contributed by atoms with Crippen LogP contribution in [0.5, 0.6) is 0 Å². The summed E-state index contributed by atoms with van der Waals surface area (Å²) in [5, 5.41) is 8.60. The molecule has 0 bridgehead atoms. The molecule has 1 aromatic heterocycles. The van der Waals surface area contributed by atoms with Gasteiger partial charge in [-0.05, 0) is 11.6 Å². The number of nitrogens with zero attached hydrogens (tertiary/aromatic N) is 2. The van der Waals surface area contributed by atoms with Crippen LogP contribution < -0.4 is 10.6 Å². The van der Waals surface area contributed by atoms with E-state index in [-0.39, 0.29) is 19.1 Å². The molecule has 2 amide bonds. The molecule has 0 aliphatic carbocycles. The lowest BCUT2D eigenvalue weighted by Gasteiger charge is -2.08. The average Bonchev–Trinajstić information content (AvgIpc) is 2.95. The number of nitrogens with one attached hydrogen (secondary N) is 2. The standard InChI is InChI=1S/C14H15F3N4O/c15-14(16,17)12-6-8-21(20-12)9-7-18-13(22)19-10-11-4-2-1-3-5-11/h1-6,8H,7,9-10H2,(H2,18,19,22). The van der Waals surface area contributed by atoms with E-state index in [1.165, 1.54) is 6.20 Å². The van der Waals surface area contributed by atoms with Gasteiger partial charge in [-0.2, -0.15) is 18.3 Å². The minimum absolute atomic E-state index is 0.162. The quantitative estimate of drug-likeness (QED) is 0.890. The number of carbonyl (C=O) groups excluding carboxylic acids is 1. The number of urea groups is 1. The van der Waals surface area contributed by atoms with E-state index in [4.69, 9.17) is 0 Å². The smallest absolute Gasteiger partial charge is 0.336 e. The number of benzene rings is 1. The van der Waals surface area contributed by atoms with Crippen LogP contribution in [-0.2, 0) is 19.3 Å². The second-order valence-electron chi connectivity index (χ2n) is 4.56. The Morgan fingerprint density at radius 3 is 2.50 bits per heavy atom. The van der Waals surface area contributed by atoms with Crippen LogP contribution in [0.15, 0.2) is 42.6 Å². The Kier molecular flexibility index (Phi) is 5.03. The van der Waals surface area contributed by atoms with Crippen LogP contribution in [0.4, 0.5) is 18.0 Å². The van der Waals surface area contributed by atoms with Crippen LogP contribution in [-0.4, -0.2) is 22.4 Å². The highest BCUT2D eigenvalue weighted by Gasteiger charge is 2.33. The molecule has 1 aromatic carbocycles. The molecule has 0 unspecified atom stereocenters. The summed E-state index contributed by atoms with van der Waals surface area (Å²) in [5.74, 6) is 0. The number of rotatable bonds is 5. The third-order valence-electron chi connectivity index (χ3n) is 2.85. The Hall–Kier alpha value is -2.51. The zero-order valence-corrected chi connectivity index (χ0v) is 11.6. The van der Waals surface area contributed by atoms with Crippen LogP contribution in [0.25, 0.3) is 0 Å². The van der Waals surface area contributed by atoms with Crippen molar-refractivity contribution >= 4 is 6.03 Å². The fraction of sp³-hybridized carbons (Fsp3) is 0.286. The fourth-order valence-corrected chi connectivity index (χ4v) is 1.76. The van der Waals surface area contributed by atoms with Crippen LogP contribution in [0.2, 0.25) is 0 Å². The van der Waals surface area contributed by atoms with E-state index in [2.05, 4.69) is 15.7 Å². The second-order valence-corrected chi connectivity index (χ2v) is 4.56. The maximum atomic E-state index is 12.4. The van der Waals surface area contributed by atoms with Gasteiger partial charge in [0.1, 0.15) is 0 Å². The number of alkyl halides is 3. The maximum absolute atomic E-state index is 12.4. The molecule has 0 radical (unpaired) electrons. The van der Waals surface area contributed by atoms with Gasteiger partial charge in [-0.15, -0.1) is 0 Å². The van der Waals surface area contributed by atoms with Gasteiger partial charge in [-0.25, -0.2) is 4.79 Å². The lowest BCUT2D eigenvalue weighted by atomic mass is 10.2. The molecule has 0 aliphatic rings. The SMILES string of the molecule is O=C(NCCn1ccc(C(F)(F)F)n1)NCc1ccccc1. The van der Waals surface area contributed by atoms with Gasteiger partial charge in [0.15, 0.2) is 5.69 Å². The summed E-state index contributed by atoms with van der Waals surface area (Å²) >= 11 is 0. The summed E-state index contributed by atoms with van der Waals surface area (Å²) in [6.45, 7) is 0.723. The number of hydrogen-bond acceptors (Lipinski definition) is 2. The van der Waals surface area contributed by atoms with Gasteiger partial charge < -0.3 is 10.6 Å². The molecule has 5 nitrogen and oxygen atoms in total. The molecular formula is C14H15F3N4O. The lowest BCUT2D eigenvalue weighted by Crippen LogP contribution is -2.36. The third-order valence-corrected chi connectivity index (χ3v) is 2.85. The largest absolute Gasteiger partial charge is 0.435 e. The Morgan fingerprint density at radius 1 is 1.14 bits per heavy atom. The van der Waals surface area contributed by atoms with Gasteiger partial charge in [0.2, 0.25) is 0 Å². The van der Waals surface area contributed by atoms with Crippen molar-refractivity contribution in [2.75, 3.05) is 6.54 Å². The molecular weight excluding hydrogens is 297 g/mol. The van der Waals surface area contributed by atoms with E-state index < -0.39 is 11.9 Å². The fourth-order valence-electron chi connectivity index (χ4n) is 1.76. The first-order chi connectivity index (χ1) is 10.4. The first kappa shape index (κ1) is 15.9. The van der Waals surface area contributed by atoms with Crippen molar-refractivity contribution in [3.63, 3.8) is 0 Å². The summed E-state index contributed by atoms with van der Waals surface area (Å²) in [7, 11) is 0. The van der Waals surface area contributed by atoms with Gasteiger partial charge in [-0.1, -0.05) is 30.3 Å². The van der Waals surface area contributed by atoms with E-state index in [9.17, 15) is 18.0 Å². The average molecular weight is 312 g/mol. The molecule has 1 heterocycles. The Labute approximate surface area is 125 Å². The maximum Gasteiger partial charge on any atom is 0.435 e. The highest BCUT2D eigenvalue weighted by molar-refractivity contribution is 5.73. The molecule has 8 heteroatoms. The highest BCUT2D eigenvalue weighted by atomic mass is 19.4. The number of aromatic nitrogens is 2. The number of hydrogen-bond donors (Lipinski definition) is 2. The van der Waals surface area contributed by atoms with Crippen molar-refractivity contribution in [1.29, 1.82) is 0 Å². The van der Waals surface area contributed by atoms with E-state index in [0.717, 1.165) is 16.3 Å². The number of amides is 2. The molecule has 0 aliphatic heterocycles. The molecule has 118 valence electrons. The molecule has 0 spiro atoms. The minimum Gasteiger partial charge on any atom is -0.336 e. The third kappa shape index (κ3) is 4.80. The molecule has 2 rings (SSSR count). The van der Waals surface area contributed by atoms with Crippen molar-refractivity contribution in [3.05, 3.63) is 53.9 Å². The summed E-state index contributed by atoms with van der Waals surface area (Å²) in [6.07, 6.45) is -3.22. The van der Waals surface area contributed by atoms with E-state index in [0.29, 0.717) is 6.54 Å². The first-order valence-corrected chi connectivity index (χ1v) is 6.61. The minimum atomic E-state index is -4.45. The van der Waals surface area contributed by atoms with Gasteiger partial charge >= 0.3 is 12.2 Å². The molecule has 0 saturated carbocycles. The Balaban J connectivity index is 1.70. The highest BCUT2D eigenvalue weighted by Crippen LogP contribution is 2.27. The van der Waals surface area contributed by atoms with Crippen molar-refractivity contribution in [1.82, 2.24) is 20.4 Å². The van der Waals surface area contributed by atoms with E-state index in [1.54, 1.807) is 0 Å². The summed E-state index contributed by atoms with van der Waals surface area (Å²) in [6, 6.07) is 9.88. The summed E-state index contributed by atoms with van der Waals surface area (Å²) in [5.41, 5.74) is 0.0144. The van der Waals surface area contributed by atoms with Crippen LogP contribution in [0.1, 0.15) is 11.3 Å². The second kappa shape index (κ2) is 6.97. The van der Waals surface area contributed by atoms with Crippen molar-refractivity contribution in [3.8, 4) is 0 Å². The number of carbonyl (C=O) groups is 1. The topological polar surface area (TPSA) is 59.0 Å². The van der Waals surface area contributed by atoms with Gasteiger partial charge in [0.25, 0.3) is 0 Å². The summed E-state index contributed by atoms with van der Waals surface area (Å²) < 4.78 is 38.2. The lowest BCUT2D eigenvalue weighted by molar-refractivity contribution is -0.141. The van der Waals surface area contributed by atoms with E-state index >= 15 is 0 Å². The van der Waals surface area contributed by atoms with Crippen molar-refractivity contribution in [2.24, 2.45) is 0 Å². The molecule has 22 heavy (non-hydrogen) atoms. The van der Waals surface area contributed by atoms with E-state index in [1.807, 2.05) is 30.3 Å². The Bertz CT molecular complexity index is 610. The molecule has 0 saturated heterocycles. The normalized spacial score (nSPS) is 11.2. The van der Waals surface area contributed by atoms with Crippen molar-refractivity contribution < 1.29 is 18.0 Å². The van der Waals surface area contributed by atoms with Gasteiger partial charge in [0.05, 0.1) is 6.54 Å². The molecule has 0 fully saturated rings. The van der Waals surface area contributed by atoms with Crippen LogP contribution in [0, 0.1) is 0 Å². The van der Waals surface area contributed by atoms with Gasteiger partial charge in [0, 0.05) is 19.3 Å². The van der Waals surface area contributed by atoms with Crippen molar-refractivity contribution in [2.45, 2.75) is 19.3 Å². The molecule has 2 aromatic rings. The van der Waals surface area contributed by atoms with Gasteiger partial charge in [-0.3, -0.25) is 4.68 Å². The van der Waals surface area contributed by atoms with Crippen LogP contribution in [0.3, 0.4) is 0 Å². The predicted octanol–water partition coefficient (Wildman–Crippen LogP) is 2.40. The zero-order chi connectivity index (χ0) is 16.0. The summed E-state index contributed by atoms with van der Waals surface area (Å²) in [4.78, 5) is 11.5. The molecule has 0 atom stereocenters. The first-order valence-electron chi connectivity index (χ1n) is 6.61. The predicted molar refractivity (Wildman–Crippen MR) is 73.9 cm³/mol. The Morgan fingerprint density at radius 2 is 1.86 bits per heavy atom. The van der Waals surface area contributed by atoms with Crippen LogP contribution >= 0.6 is 0 Å². The monoisotopic (exact) mass is 312 g/mol. The molecule has 2 N–H and O–H groups in total.